The van der Waals surface area contributed by atoms with Gasteiger partial charge in [0.1, 0.15) is 0 Å². The molecule has 1 amide bonds. The van der Waals surface area contributed by atoms with E-state index in [0.29, 0.717) is 23.7 Å². The van der Waals surface area contributed by atoms with E-state index in [-0.39, 0.29) is 0 Å². The molecule has 0 heterocycles. The van der Waals surface area contributed by atoms with Crippen molar-refractivity contribution in [2.45, 2.75) is 13.2 Å². The molecule has 0 atom stereocenters. The molecular formula is C16H17ClN2O2. The van der Waals surface area contributed by atoms with Crippen LogP contribution in [0.4, 0.5) is 5.69 Å². The van der Waals surface area contributed by atoms with E-state index in [1.807, 2.05) is 30.3 Å². The summed E-state index contributed by atoms with van der Waals surface area (Å²) >= 11 is 5.92. The third-order valence-corrected chi connectivity index (χ3v) is 3.39. The molecule has 0 aliphatic heterocycles. The number of hydrogen-bond donors (Lipinski definition) is 2. The summed E-state index contributed by atoms with van der Waals surface area (Å²) in [6.45, 7) is 1.25. The van der Waals surface area contributed by atoms with E-state index in [2.05, 4.69) is 5.32 Å². The summed E-state index contributed by atoms with van der Waals surface area (Å²) in [5, 5.41) is 3.60. The van der Waals surface area contributed by atoms with Crippen LogP contribution in [-0.2, 0) is 17.9 Å². The van der Waals surface area contributed by atoms with Crippen LogP contribution in [0.25, 0.3) is 0 Å². The van der Waals surface area contributed by atoms with Gasteiger partial charge >= 0.3 is 0 Å². The number of carbonyl (C=O) groups excluding carboxylic acids is 1. The van der Waals surface area contributed by atoms with E-state index in [0.717, 1.165) is 16.8 Å². The lowest BCUT2D eigenvalue weighted by Gasteiger charge is -2.09. The van der Waals surface area contributed by atoms with Crippen LogP contribution < -0.4 is 11.1 Å². The predicted molar refractivity (Wildman–Crippen MR) is 84.5 cm³/mol. The minimum absolute atomic E-state index is 0.317. The largest absolute Gasteiger partial charge is 0.381 e. The topological polar surface area (TPSA) is 64.3 Å². The molecule has 2 aromatic rings. The van der Waals surface area contributed by atoms with E-state index in [1.54, 1.807) is 19.2 Å². The maximum Gasteiger partial charge on any atom is 0.250 e. The Kier molecular flexibility index (Phi) is 5.20. The number of nitrogens with one attached hydrogen (secondary N) is 1. The fourth-order valence-electron chi connectivity index (χ4n) is 1.95. The molecule has 0 spiro atoms. The molecule has 0 aliphatic carbocycles. The second-order valence-corrected chi connectivity index (χ2v) is 5.07. The molecule has 0 aromatic heterocycles. The van der Waals surface area contributed by atoms with Crippen molar-refractivity contribution in [3.05, 3.63) is 64.2 Å². The molecule has 0 saturated heterocycles. The highest BCUT2D eigenvalue weighted by Crippen LogP contribution is 2.20. The van der Waals surface area contributed by atoms with Gasteiger partial charge in [-0.1, -0.05) is 35.9 Å². The van der Waals surface area contributed by atoms with Gasteiger partial charge in [0.25, 0.3) is 0 Å². The molecule has 0 radical (unpaired) electrons. The molecule has 0 bridgehead atoms. The highest BCUT2D eigenvalue weighted by atomic mass is 35.5. The monoisotopic (exact) mass is 304 g/mol. The number of benzene rings is 2. The molecule has 4 nitrogen and oxygen atoms in total. The van der Waals surface area contributed by atoms with Crippen molar-refractivity contribution < 1.29 is 9.53 Å². The van der Waals surface area contributed by atoms with Gasteiger partial charge in [0, 0.05) is 19.3 Å². The number of amides is 1. The number of rotatable bonds is 6. The van der Waals surface area contributed by atoms with E-state index < -0.39 is 5.91 Å². The number of halogens is 1. The maximum absolute atomic E-state index is 11.2. The van der Waals surface area contributed by atoms with Crippen LogP contribution >= 0.6 is 11.6 Å². The third-order valence-electron chi connectivity index (χ3n) is 3.06. The Morgan fingerprint density at radius 2 is 1.86 bits per heavy atom. The molecule has 2 rings (SSSR count). The Bertz CT molecular complexity index is 627. The SMILES string of the molecule is COCc1ccc(CNc2ccc(Cl)c(C(N)=O)c2)cc1. The summed E-state index contributed by atoms with van der Waals surface area (Å²) in [5.41, 5.74) is 8.65. The maximum atomic E-state index is 11.2. The van der Waals surface area contributed by atoms with Crippen molar-refractivity contribution >= 4 is 23.2 Å². The van der Waals surface area contributed by atoms with Gasteiger partial charge in [-0.3, -0.25) is 4.79 Å². The van der Waals surface area contributed by atoms with Crippen LogP contribution in [0.2, 0.25) is 5.02 Å². The lowest BCUT2D eigenvalue weighted by atomic mass is 10.1. The Morgan fingerprint density at radius 3 is 2.48 bits per heavy atom. The second kappa shape index (κ2) is 7.11. The van der Waals surface area contributed by atoms with Crippen molar-refractivity contribution in [3.8, 4) is 0 Å². The van der Waals surface area contributed by atoms with E-state index in [1.165, 1.54) is 0 Å². The van der Waals surface area contributed by atoms with Gasteiger partial charge in [0.05, 0.1) is 17.2 Å². The minimum atomic E-state index is -0.535. The number of primary amides is 1. The first kappa shape index (κ1) is 15.4. The minimum Gasteiger partial charge on any atom is -0.381 e. The molecule has 21 heavy (non-hydrogen) atoms. The Hall–Kier alpha value is -2.04. The molecule has 5 heteroatoms. The molecule has 0 aliphatic rings. The zero-order valence-corrected chi connectivity index (χ0v) is 12.5. The van der Waals surface area contributed by atoms with E-state index in [9.17, 15) is 4.79 Å². The number of nitrogens with two attached hydrogens (primary N) is 1. The fraction of sp³-hybridized carbons (Fsp3) is 0.188. The van der Waals surface area contributed by atoms with Crippen LogP contribution in [0.3, 0.4) is 0 Å². The highest BCUT2D eigenvalue weighted by molar-refractivity contribution is 6.33. The Labute approximate surface area is 128 Å². The average Bonchev–Trinajstić information content (AvgIpc) is 2.48. The Morgan fingerprint density at radius 1 is 1.19 bits per heavy atom. The zero-order chi connectivity index (χ0) is 15.2. The molecule has 110 valence electrons. The first-order valence-electron chi connectivity index (χ1n) is 6.50. The van der Waals surface area contributed by atoms with Crippen LogP contribution in [0.5, 0.6) is 0 Å². The summed E-state index contributed by atoms with van der Waals surface area (Å²) in [5.74, 6) is -0.535. The molecular weight excluding hydrogens is 288 g/mol. The van der Waals surface area contributed by atoms with Gasteiger partial charge in [-0.05, 0) is 29.3 Å². The van der Waals surface area contributed by atoms with Crippen molar-refractivity contribution in [2.24, 2.45) is 5.73 Å². The summed E-state index contributed by atoms with van der Waals surface area (Å²) in [6.07, 6.45) is 0. The first-order valence-corrected chi connectivity index (χ1v) is 6.88. The first-order chi connectivity index (χ1) is 10.1. The van der Waals surface area contributed by atoms with Crippen molar-refractivity contribution in [2.75, 3.05) is 12.4 Å². The molecule has 3 N–H and O–H groups in total. The fourth-order valence-corrected chi connectivity index (χ4v) is 2.16. The van der Waals surface area contributed by atoms with Crippen molar-refractivity contribution in [1.82, 2.24) is 0 Å². The summed E-state index contributed by atoms with van der Waals surface area (Å²) in [7, 11) is 1.67. The van der Waals surface area contributed by atoms with Crippen molar-refractivity contribution in [3.63, 3.8) is 0 Å². The van der Waals surface area contributed by atoms with Gasteiger partial charge < -0.3 is 15.8 Å². The highest BCUT2D eigenvalue weighted by Gasteiger charge is 2.07. The van der Waals surface area contributed by atoms with Gasteiger partial charge in [0.2, 0.25) is 5.91 Å². The van der Waals surface area contributed by atoms with E-state index >= 15 is 0 Å². The third kappa shape index (κ3) is 4.21. The van der Waals surface area contributed by atoms with Crippen LogP contribution in [0, 0.1) is 0 Å². The predicted octanol–water partition coefficient (Wildman–Crippen LogP) is 3.20. The molecule has 0 saturated carbocycles. The number of anilines is 1. The summed E-state index contributed by atoms with van der Waals surface area (Å²) in [6, 6.07) is 13.2. The van der Waals surface area contributed by atoms with Gasteiger partial charge in [-0.2, -0.15) is 0 Å². The molecule has 0 unspecified atom stereocenters. The average molecular weight is 305 g/mol. The summed E-state index contributed by atoms with van der Waals surface area (Å²) < 4.78 is 5.07. The molecule has 2 aromatic carbocycles. The lowest BCUT2D eigenvalue weighted by molar-refractivity contribution is 0.100. The Balaban J connectivity index is 2.02. The van der Waals surface area contributed by atoms with Crippen LogP contribution in [-0.4, -0.2) is 13.0 Å². The van der Waals surface area contributed by atoms with Gasteiger partial charge in [-0.25, -0.2) is 0 Å². The van der Waals surface area contributed by atoms with Gasteiger partial charge in [-0.15, -0.1) is 0 Å². The smallest absolute Gasteiger partial charge is 0.250 e. The molecule has 0 fully saturated rings. The number of methoxy groups -OCH3 is 1. The standard InChI is InChI=1S/C16H17ClN2O2/c1-21-10-12-4-2-11(3-5-12)9-19-13-6-7-15(17)14(8-13)16(18)20/h2-8,19H,9-10H2,1H3,(H2,18,20). The van der Waals surface area contributed by atoms with Crippen molar-refractivity contribution in [1.29, 1.82) is 0 Å². The number of carbonyl (C=O) groups is 1. The van der Waals surface area contributed by atoms with E-state index in [4.69, 9.17) is 22.1 Å². The zero-order valence-electron chi connectivity index (χ0n) is 11.7. The summed E-state index contributed by atoms with van der Waals surface area (Å²) in [4.78, 5) is 11.2. The van der Waals surface area contributed by atoms with Gasteiger partial charge in [0.15, 0.2) is 0 Å². The number of hydrogen-bond acceptors (Lipinski definition) is 3. The number of ether oxygens (including phenoxy) is 1. The lowest BCUT2D eigenvalue weighted by Crippen LogP contribution is -2.12. The second-order valence-electron chi connectivity index (χ2n) is 4.66. The van der Waals surface area contributed by atoms with Crippen LogP contribution in [0.1, 0.15) is 21.5 Å². The quantitative estimate of drug-likeness (QED) is 0.861. The normalized spacial score (nSPS) is 10.4. The van der Waals surface area contributed by atoms with Crippen LogP contribution in [0.15, 0.2) is 42.5 Å².